The third-order valence-electron chi connectivity index (χ3n) is 4.60. The molecule has 6 heteroatoms. The molecule has 5 nitrogen and oxygen atoms in total. The van der Waals surface area contributed by atoms with E-state index in [4.69, 9.17) is 21.1 Å². The Labute approximate surface area is 187 Å². The molecule has 0 fully saturated rings. The highest BCUT2D eigenvalue weighted by atomic mass is 35.5. The second kappa shape index (κ2) is 10.7. The maximum absolute atomic E-state index is 12.4. The highest BCUT2D eigenvalue weighted by Gasteiger charge is 2.12. The van der Waals surface area contributed by atoms with E-state index in [1.165, 1.54) is 5.56 Å². The highest BCUT2D eigenvalue weighted by Crippen LogP contribution is 2.31. The van der Waals surface area contributed by atoms with Crippen LogP contribution in [0.1, 0.15) is 41.3 Å². The maximum Gasteiger partial charge on any atom is 0.343 e. The van der Waals surface area contributed by atoms with Crippen LogP contribution in [-0.4, -0.2) is 12.6 Å². The molecule has 0 unspecified atom stereocenters. The van der Waals surface area contributed by atoms with Gasteiger partial charge in [0.15, 0.2) is 0 Å². The second-order valence-corrected chi connectivity index (χ2v) is 7.63. The van der Waals surface area contributed by atoms with Gasteiger partial charge in [-0.1, -0.05) is 42.6 Å². The van der Waals surface area contributed by atoms with E-state index in [0.717, 1.165) is 29.8 Å². The first-order valence-corrected chi connectivity index (χ1v) is 10.6. The molecular formula is C25H25ClN2O3. The molecule has 0 aliphatic rings. The number of hydrogen-bond acceptors (Lipinski definition) is 5. The zero-order valence-corrected chi connectivity index (χ0v) is 18.6. The van der Waals surface area contributed by atoms with Gasteiger partial charge in [0.1, 0.15) is 11.5 Å². The zero-order valence-electron chi connectivity index (χ0n) is 17.9. The number of halogens is 1. The molecule has 160 valence electrons. The summed E-state index contributed by atoms with van der Waals surface area (Å²) in [6, 6.07) is 17.7. The predicted molar refractivity (Wildman–Crippen MR) is 123 cm³/mol. The molecule has 0 spiro atoms. The summed E-state index contributed by atoms with van der Waals surface area (Å²) in [5.74, 6) is 0.494. The van der Waals surface area contributed by atoms with Crippen LogP contribution in [0.25, 0.3) is 0 Å². The van der Waals surface area contributed by atoms with Crippen molar-refractivity contribution in [3.8, 4) is 11.5 Å². The number of rotatable bonds is 8. The Balaban J connectivity index is 1.64. The van der Waals surface area contributed by atoms with Crippen molar-refractivity contribution in [1.82, 2.24) is 0 Å². The molecule has 3 aromatic carbocycles. The fraction of sp³-hybridized carbons (Fsp3) is 0.240. The van der Waals surface area contributed by atoms with Gasteiger partial charge in [-0.2, -0.15) is 10.2 Å². The van der Waals surface area contributed by atoms with E-state index in [0.29, 0.717) is 17.9 Å². The Kier molecular flexibility index (Phi) is 7.79. The topological polar surface area (TPSA) is 60.2 Å². The van der Waals surface area contributed by atoms with E-state index in [1.54, 1.807) is 42.5 Å². The Bertz CT molecular complexity index is 1080. The first-order chi connectivity index (χ1) is 15.0. The van der Waals surface area contributed by atoms with Crippen LogP contribution in [0.4, 0.5) is 11.4 Å². The van der Waals surface area contributed by atoms with Crippen molar-refractivity contribution in [2.24, 2.45) is 10.2 Å². The van der Waals surface area contributed by atoms with Gasteiger partial charge in [-0.15, -0.1) is 0 Å². The van der Waals surface area contributed by atoms with Crippen molar-refractivity contribution in [2.75, 3.05) is 6.61 Å². The van der Waals surface area contributed by atoms with Gasteiger partial charge >= 0.3 is 5.97 Å². The van der Waals surface area contributed by atoms with Gasteiger partial charge in [0.25, 0.3) is 0 Å². The van der Waals surface area contributed by atoms with Crippen molar-refractivity contribution in [2.45, 2.75) is 33.6 Å². The molecule has 3 rings (SSSR count). The van der Waals surface area contributed by atoms with Crippen LogP contribution in [0, 0.1) is 13.8 Å². The lowest BCUT2D eigenvalue weighted by Gasteiger charge is -2.08. The zero-order chi connectivity index (χ0) is 22.2. The summed E-state index contributed by atoms with van der Waals surface area (Å²) in [4.78, 5) is 12.4. The smallest absolute Gasteiger partial charge is 0.343 e. The van der Waals surface area contributed by atoms with E-state index in [-0.39, 0.29) is 10.8 Å². The first-order valence-electron chi connectivity index (χ1n) is 10.2. The summed E-state index contributed by atoms with van der Waals surface area (Å²) in [6.45, 7) is 6.78. The number of hydrogen-bond donors (Lipinski definition) is 0. The number of esters is 1. The SMILES string of the molecule is CCCCOc1ccc(C(=O)Oc2ccc(N=Nc3ccc(C)cc3C)cc2Cl)cc1. The van der Waals surface area contributed by atoms with Crippen molar-refractivity contribution in [1.29, 1.82) is 0 Å². The van der Waals surface area contributed by atoms with E-state index in [1.807, 2.05) is 32.0 Å². The summed E-state index contributed by atoms with van der Waals surface area (Å²) in [5.41, 5.74) is 3.99. The van der Waals surface area contributed by atoms with Gasteiger partial charge in [-0.3, -0.25) is 0 Å². The van der Waals surface area contributed by atoms with Gasteiger partial charge in [0, 0.05) is 0 Å². The molecule has 0 aliphatic heterocycles. The van der Waals surface area contributed by atoms with Crippen LogP contribution in [0.15, 0.2) is 70.9 Å². The lowest BCUT2D eigenvalue weighted by atomic mass is 10.1. The van der Waals surface area contributed by atoms with E-state index >= 15 is 0 Å². The molecule has 0 amide bonds. The standard InChI is InChI=1S/C25H25ClN2O3/c1-4-5-14-30-21-10-7-19(8-11-21)25(29)31-24-13-9-20(16-22(24)26)27-28-23-12-6-17(2)15-18(23)3/h6-13,15-16H,4-5,14H2,1-3H3. The molecule has 3 aromatic rings. The summed E-state index contributed by atoms with van der Waals surface area (Å²) < 4.78 is 11.0. The number of azo groups is 1. The fourth-order valence-electron chi connectivity index (χ4n) is 2.84. The van der Waals surface area contributed by atoms with Crippen molar-refractivity contribution in [3.05, 3.63) is 82.4 Å². The Hall–Kier alpha value is -3.18. The molecule has 0 radical (unpaired) electrons. The third-order valence-corrected chi connectivity index (χ3v) is 4.90. The minimum atomic E-state index is -0.494. The number of unbranched alkanes of at least 4 members (excludes halogenated alkanes) is 1. The van der Waals surface area contributed by atoms with E-state index < -0.39 is 5.97 Å². The van der Waals surface area contributed by atoms with Crippen molar-refractivity contribution < 1.29 is 14.3 Å². The highest BCUT2D eigenvalue weighted by molar-refractivity contribution is 6.32. The quantitative estimate of drug-likeness (QED) is 0.157. The molecule has 0 aliphatic carbocycles. The van der Waals surface area contributed by atoms with Gasteiger partial charge < -0.3 is 9.47 Å². The van der Waals surface area contributed by atoms with Crippen molar-refractivity contribution in [3.63, 3.8) is 0 Å². The third kappa shape index (κ3) is 6.40. The Morgan fingerprint density at radius 1 is 0.968 bits per heavy atom. The van der Waals surface area contributed by atoms with Crippen LogP contribution < -0.4 is 9.47 Å². The minimum Gasteiger partial charge on any atom is -0.494 e. The number of carbonyl (C=O) groups is 1. The van der Waals surface area contributed by atoms with Crippen LogP contribution >= 0.6 is 11.6 Å². The largest absolute Gasteiger partial charge is 0.494 e. The molecule has 0 atom stereocenters. The predicted octanol–water partition coefficient (Wildman–Crippen LogP) is 7.77. The fourth-order valence-corrected chi connectivity index (χ4v) is 3.06. The van der Waals surface area contributed by atoms with Gasteiger partial charge in [-0.05, 0) is 74.4 Å². The summed E-state index contributed by atoms with van der Waals surface area (Å²) >= 11 is 6.29. The molecule has 0 bridgehead atoms. The average Bonchev–Trinajstić information content (AvgIpc) is 2.75. The summed E-state index contributed by atoms with van der Waals surface area (Å²) in [5, 5.41) is 8.79. The number of ether oxygens (including phenoxy) is 2. The lowest BCUT2D eigenvalue weighted by molar-refractivity contribution is 0.0735. The molecule has 0 saturated heterocycles. The number of nitrogens with zero attached hydrogens (tertiary/aromatic N) is 2. The minimum absolute atomic E-state index is 0.264. The van der Waals surface area contributed by atoms with E-state index in [2.05, 4.69) is 17.2 Å². The molecule has 0 heterocycles. The molecule has 31 heavy (non-hydrogen) atoms. The number of aryl methyl sites for hydroxylation is 2. The Morgan fingerprint density at radius 2 is 1.74 bits per heavy atom. The lowest BCUT2D eigenvalue weighted by Crippen LogP contribution is -2.08. The number of carbonyl (C=O) groups excluding carboxylic acids is 1. The molecule has 0 N–H and O–H groups in total. The van der Waals surface area contributed by atoms with Crippen LogP contribution in [0.2, 0.25) is 5.02 Å². The second-order valence-electron chi connectivity index (χ2n) is 7.22. The van der Waals surface area contributed by atoms with Gasteiger partial charge in [0.2, 0.25) is 0 Å². The summed E-state index contributed by atoms with van der Waals surface area (Å²) in [6.07, 6.45) is 2.05. The molecular weight excluding hydrogens is 412 g/mol. The van der Waals surface area contributed by atoms with E-state index in [9.17, 15) is 4.79 Å². The van der Waals surface area contributed by atoms with Gasteiger partial charge in [0.05, 0.1) is 28.6 Å². The molecule has 0 aromatic heterocycles. The molecule has 0 saturated carbocycles. The number of benzene rings is 3. The van der Waals surface area contributed by atoms with Crippen LogP contribution in [-0.2, 0) is 0 Å². The Morgan fingerprint density at radius 3 is 2.42 bits per heavy atom. The van der Waals surface area contributed by atoms with Crippen LogP contribution in [0.5, 0.6) is 11.5 Å². The maximum atomic E-state index is 12.4. The van der Waals surface area contributed by atoms with Gasteiger partial charge in [-0.25, -0.2) is 4.79 Å². The normalized spacial score (nSPS) is 11.0. The van der Waals surface area contributed by atoms with Crippen molar-refractivity contribution >= 4 is 28.9 Å². The monoisotopic (exact) mass is 436 g/mol. The average molecular weight is 437 g/mol. The van der Waals surface area contributed by atoms with Crippen LogP contribution in [0.3, 0.4) is 0 Å². The first kappa shape index (κ1) is 22.5. The summed E-state index contributed by atoms with van der Waals surface area (Å²) in [7, 11) is 0.